The van der Waals surface area contributed by atoms with Crippen molar-refractivity contribution in [1.29, 1.82) is 0 Å². The maximum absolute atomic E-state index is 13.2. The van der Waals surface area contributed by atoms with Gasteiger partial charge in [0, 0.05) is 23.1 Å². The number of nitrogens with one attached hydrogen (secondary N) is 2. The maximum atomic E-state index is 13.2. The minimum Gasteiger partial charge on any atom is -0.467 e. The summed E-state index contributed by atoms with van der Waals surface area (Å²) in [6.45, 7) is 0. The molecule has 0 aliphatic carbocycles. The number of aliphatic hydroxyl groups is 1. The molecule has 0 saturated carbocycles. The summed E-state index contributed by atoms with van der Waals surface area (Å²) in [5.74, 6) is -2.18. The van der Waals surface area contributed by atoms with E-state index in [2.05, 4.69) is 10.6 Å². The van der Waals surface area contributed by atoms with Gasteiger partial charge in [-0.2, -0.15) is 0 Å². The first-order valence-corrected chi connectivity index (χ1v) is 13.0. The van der Waals surface area contributed by atoms with Crippen LogP contribution in [-0.2, 0) is 20.7 Å². The van der Waals surface area contributed by atoms with Crippen LogP contribution in [0.1, 0.15) is 43.4 Å². The fraction of sp³-hybridized carbons (Fsp3) is 0.152. The van der Waals surface area contributed by atoms with Crippen LogP contribution in [0.3, 0.4) is 0 Å². The van der Waals surface area contributed by atoms with E-state index in [0.29, 0.717) is 27.8 Å². The van der Waals surface area contributed by atoms with Crippen molar-refractivity contribution >= 4 is 23.6 Å². The lowest BCUT2D eigenvalue weighted by atomic mass is 9.98. The summed E-state index contributed by atoms with van der Waals surface area (Å²) in [5, 5.41) is 16.4. The first kappa shape index (κ1) is 28.9. The van der Waals surface area contributed by atoms with Crippen LogP contribution in [0.25, 0.3) is 0 Å². The molecule has 0 unspecified atom stereocenters. The van der Waals surface area contributed by atoms with Gasteiger partial charge in [0.15, 0.2) is 11.9 Å². The summed E-state index contributed by atoms with van der Waals surface area (Å²) >= 11 is 0. The zero-order chi connectivity index (χ0) is 29.2. The van der Waals surface area contributed by atoms with Crippen LogP contribution in [0.4, 0.5) is 0 Å². The van der Waals surface area contributed by atoms with Crippen LogP contribution >= 0.6 is 0 Å². The molecular weight excluding hydrogens is 520 g/mol. The Balaban J connectivity index is 1.49. The maximum Gasteiger partial charge on any atom is 0.328 e. The highest BCUT2D eigenvalue weighted by Gasteiger charge is 2.32. The van der Waals surface area contributed by atoms with Gasteiger partial charge in [0.1, 0.15) is 6.04 Å². The molecule has 0 radical (unpaired) electrons. The normalized spacial score (nSPS) is 12.8. The lowest BCUT2D eigenvalue weighted by Gasteiger charge is -2.26. The number of esters is 1. The van der Waals surface area contributed by atoms with E-state index in [1.54, 1.807) is 109 Å². The van der Waals surface area contributed by atoms with Crippen LogP contribution in [0.5, 0.6) is 0 Å². The molecule has 8 nitrogen and oxygen atoms in total. The van der Waals surface area contributed by atoms with Gasteiger partial charge in [0.2, 0.25) is 0 Å². The molecule has 2 amide bonds. The zero-order valence-electron chi connectivity index (χ0n) is 22.4. The van der Waals surface area contributed by atoms with Gasteiger partial charge in [0.25, 0.3) is 11.8 Å². The van der Waals surface area contributed by atoms with Crippen molar-refractivity contribution in [2.45, 2.75) is 24.6 Å². The number of ketones is 1. The summed E-state index contributed by atoms with van der Waals surface area (Å²) in [5.41, 5.74) is 2.57. The van der Waals surface area contributed by atoms with Crippen molar-refractivity contribution in [3.63, 3.8) is 0 Å². The summed E-state index contributed by atoms with van der Waals surface area (Å²) in [6.07, 6.45) is -1.67. The molecule has 4 rings (SSSR count). The summed E-state index contributed by atoms with van der Waals surface area (Å²) in [6, 6.07) is 30.4. The van der Waals surface area contributed by atoms with Crippen molar-refractivity contribution in [2.75, 3.05) is 7.11 Å². The van der Waals surface area contributed by atoms with E-state index in [-0.39, 0.29) is 12.2 Å². The third-order valence-electron chi connectivity index (χ3n) is 6.56. The predicted molar refractivity (Wildman–Crippen MR) is 153 cm³/mol. The third-order valence-corrected chi connectivity index (χ3v) is 6.56. The van der Waals surface area contributed by atoms with E-state index in [9.17, 15) is 24.3 Å². The average molecular weight is 551 g/mol. The number of ether oxygens (including phenoxy) is 1. The number of hydrogen-bond donors (Lipinski definition) is 3. The molecule has 0 heterocycles. The van der Waals surface area contributed by atoms with Crippen molar-refractivity contribution in [3.8, 4) is 0 Å². The van der Waals surface area contributed by atoms with Crippen molar-refractivity contribution < 1.29 is 29.0 Å². The van der Waals surface area contributed by atoms with Crippen molar-refractivity contribution in [2.24, 2.45) is 0 Å². The molecule has 0 fully saturated rings. The molecule has 208 valence electrons. The summed E-state index contributed by atoms with van der Waals surface area (Å²) in [7, 11) is 1.20. The molecule has 4 aromatic carbocycles. The second-order valence-electron chi connectivity index (χ2n) is 9.35. The van der Waals surface area contributed by atoms with Gasteiger partial charge in [-0.3, -0.25) is 14.4 Å². The van der Waals surface area contributed by atoms with Gasteiger partial charge in [-0.1, -0.05) is 103 Å². The number of rotatable bonds is 11. The Morgan fingerprint density at radius 2 is 1.20 bits per heavy atom. The van der Waals surface area contributed by atoms with Crippen LogP contribution in [0.2, 0.25) is 0 Å². The molecule has 3 N–H and O–H groups in total. The molecule has 0 saturated heterocycles. The number of benzene rings is 4. The van der Waals surface area contributed by atoms with Gasteiger partial charge in [-0.05, 0) is 23.3 Å². The third kappa shape index (κ3) is 7.52. The average Bonchev–Trinajstić information content (AvgIpc) is 3.03. The molecule has 8 heteroatoms. The predicted octanol–water partition coefficient (Wildman–Crippen LogP) is 3.65. The van der Waals surface area contributed by atoms with E-state index in [4.69, 9.17) is 4.74 Å². The molecule has 0 bridgehead atoms. The highest BCUT2D eigenvalue weighted by Crippen LogP contribution is 2.19. The number of hydrogen-bond acceptors (Lipinski definition) is 6. The number of carbonyl (C=O) groups is 4. The molecule has 3 atom stereocenters. The second kappa shape index (κ2) is 13.8. The Bertz CT molecular complexity index is 1470. The second-order valence-corrected chi connectivity index (χ2v) is 9.35. The van der Waals surface area contributed by atoms with E-state index in [1.165, 1.54) is 7.11 Å². The van der Waals surface area contributed by atoms with Gasteiger partial charge in [0.05, 0.1) is 13.2 Å². The fourth-order valence-corrected chi connectivity index (χ4v) is 4.35. The molecule has 41 heavy (non-hydrogen) atoms. The van der Waals surface area contributed by atoms with Gasteiger partial charge in [-0.25, -0.2) is 4.79 Å². The highest BCUT2D eigenvalue weighted by atomic mass is 16.5. The summed E-state index contributed by atoms with van der Waals surface area (Å²) < 4.78 is 4.89. The smallest absolute Gasteiger partial charge is 0.328 e. The largest absolute Gasteiger partial charge is 0.467 e. The van der Waals surface area contributed by atoms with Crippen molar-refractivity contribution in [3.05, 3.63) is 143 Å². The molecule has 0 aliphatic heterocycles. The van der Waals surface area contributed by atoms with E-state index >= 15 is 0 Å². The first-order chi connectivity index (χ1) is 19.9. The van der Waals surface area contributed by atoms with E-state index < -0.39 is 36.0 Å². The van der Waals surface area contributed by atoms with Crippen molar-refractivity contribution in [1.82, 2.24) is 10.6 Å². The minimum absolute atomic E-state index is 0.0529. The summed E-state index contributed by atoms with van der Waals surface area (Å²) in [4.78, 5) is 51.4. The Morgan fingerprint density at radius 3 is 1.76 bits per heavy atom. The number of carbonyl (C=O) groups excluding carboxylic acids is 4. The minimum atomic E-state index is -1.72. The monoisotopic (exact) mass is 550 g/mol. The van der Waals surface area contributed by atoms with Crippen LogP contribution in [0.15, 0.2) is 115 Å². The van der Waals surface area contributed by atoms with E-state index in [1.807, 2.05) is 6.07 Å². The van der Waals surface area contributed by atoms with Crippen LogP contribution in [0, 0.1) is 0 Å². The SMILES string of the molecule is COC(=O)[C@@H](Cc1ccc(C(=O)c2ccccc2)cc1)NC(=O)[C@H](O)[C@@H](NC(=O)c1ccccc1)c1ccccc1. The molecule has 0 spiro atoms. The lowest BCUT2D eigenvalue weighted by Crippen LogP contribution is -2.51. The Kier molecular flexibility index (Phi) is 9.75. The number of methoxy groups -OCH3 is 1. The highest BCUT2D eigenvalue weighted by molar-refractivity contribution is 6.09. The fourth-order valence-electron chi connectivity index (χ4n) is 4.35. The lowest BCUT2D eigenvalue weighted by molar-refractivity contribution is -0.146. The van der Waals surface area contributed by atoms with Crippen LogP contribution < -0.4 is 10.6 Å². The molecule has 0 aromatic heterocycles. The van der Waals surface area contributed by atoms with Gasteiger partial charge in [-0.15, -0.1) is 0 Å². The van der Waals surface area contributed by atoms with Gasteiger partial charge >= 0.3 is 5.97 Å². The molecule has 0 aliphatic rings. The van der Waals surface area contributed by atoms with E-state index in [0.717, 1.165) is 0 Å². The Hall–Kier alpha value is -5.08. The topological polar surface area (TPSA) is 122 Å². The zero-order valence-corrected chi connectivity index (χ0v) is 22.4. The molecule has 4 aromatic rings. The molecular formula is C33H30N2O6. The quantitative estimate of drug-likeness (QED) is 0.194. The Morgan fingerprint density at radius 1 is 0.683 bits per heavy atom. The number of amides is 2. The van der Waals surface area contributed by atoms with Crippen LogP contribution in [-0.4, -0.2) is 47.9 Å². The Labute approximate surface area is 238 Å². The number of aliphatic hydroxyl groups excluding tert-OH is 1. The van der Waals surface area contributed by atoms with Gasteiger partial charge < -0.3 is 20.5 Å². The standard InChI is InChI=1S/C33H30N2O6/c1-41-33(40)27(21-22-17-19-25(20-18-22)29(36)24-13-7-3-8-14-24)34-32(39)30(37)28(23-11-5-2-6-12-23)35-31(38)26-15-9-4-10-16-26/h2-20,27-28,30,37H,21H2,1H3,(H,34,39)(H,35,38)/t27-,28+,30-/m1/s1. The first-order valence-electron chi connectivity index (χ1n) is 13.0.